The van der Waals surface area contributed by atoms with Crippen LogP contribution in [0.5, 0.6) is 5.75 Å². The molecule has 0 radical (unpaired) electrons. The van der Waals surface area contributed by atoms with Gasteiger partial charge in [0.15, 0.2) is 0 Å². The Balaban J connectivity index is 2.75. The third-order valence-corrected chi connectivity index (χ3v) is 12.3. The number of allylic oxidation sites excluding steroid dienone is 4. The van der Waals surface area contributed by atoms with Crippen LogP contribution in [0.25, 0.3) is 0 Å². The topological polar surface area (TPSA) is 9.23 Å². The van der Waals surface area contributed by atoms with Gasteiger partial charge in [-0.15, -0.1) is 0 Å². The predicted molar refractivity (Wildman–Crippen MR) is 105 cm³/mol. The van der Waals surface area contributed by atoms with Crippen LogP contribution < -0.4 is 9.92 Å². The summed E-state index contributed by atoms with van der Waals surface area (Å²) in [6.07, 6.45) is 0. The van der Waals surface area contributed by atoms with Crippen LogP contribution in [0.3, 0.4) is 0 Å². The molecule has 0 aromatic heterocycles. The van der Waals surface area contributed by atoms with Gasteiger partial charge in [0.25, 0.3) is 0 Å². The molecule has 0 atom stereocenters. The Labute approximate surface area is 143 Å². The number of para-hydroxylation sites is 1. The first kappa shape index (κ1) is 18.1. The van der Waals surface area contributed by atoms with Crippen LogP contribution in [0.4, 0.5) is 0 Å². The largest absolute Gasteiger partial charge is 0.497 e. The van der Waals surface area contributed by atoms with Crippen LogP contribution >= 0.6 is 0 Å². The minimum atomic E-state index is -1.73. The van der Waals surface area contributed by atoms with Gasteiger partial charge in [-0.1, -0.05) is 55.3 Å². The molecule has 0 saturated carbocycles. The molecular weight excluding hydrogens is 296 g/mol. The van der Waals surface area contributed by atoms with Gasteiger partial charge in [-0.05, 0) is 56.5 Å². The van der Waals surface area contributed by atoms with E-state index >= 15 is 0 Å². The molecule has 1 nitrogen and oxygen atoms in total. The van der Waals surface area contributed by atoms with Gasteiger partial charge in [0.2, 0.25) is 0 Å². The highest BCUT2D eigenvalue weighted by Gasteiger charge is 2.46. The monoisotopic (exact) mass is 328 g/mol. The van der Waals surface area contributed by atoms with E-state index in [2.05, 4.69) is 66.7 Å². The molecule has 2 heteroatoms. The summed E-state index contributed by atoms with van der Waals surface area (Å²) in [5.41, 5.74) is 8.10. The zero-order chi connectivity index (χ0) is 17.4. The molecule has 1 aromatic rings. The van der Waals surface area contributed by atoms with Gasteiger partial charge in [-0.3, -0.25) is 0 Å². The van der Waals surface area contributed by atoms with Gasteiger partial charge in [-0.2, -0.15) is 0 Å². The van der Waals surface area contributed by atoms with Crippen molar-refractivity contribution in [3.63, 3.8) is 0 Å². The molecule has 0 aliphatic heterocycles. The highest BCUT2D eigenvalue weighted by Crippen LogP contribution is 2.49. The lowest BCUT2D eigenvalue weighted by atomic mass is 10.1. The summed E-state index contributed by atoms with van der Waals surface area (Å²) in [7, 11) is 0.0923. The highest BCUT2D eigenvalue weighted by molar-refractivity contribution is 6.94. The van der Waals surface area contributed by atoms with E-state index < -0.39 is 8.07 Å². The third kappa shape index (κ3) is 2.61. The molecular formula is C21H32OSi. The van der Waals surface area contributed by atoms with Crippen molar-refractivity contribution in [1.82, 2.24) is 0 Å². The lowest BCUT2D eigenvalue weighted by Gasteiger charge is -2.39. The molecule has 0 unspecified atom stereocenters. The zero-order valence-electron chi connectivity index (χ0n) is 16.1. The summed E-state index contributed by atoms with van der Waals surface area (Å²) in [6.45, 7) is 16.3. The van der Waals surface area contributed by atoms with Crippen LogP contribution in [0.15, 0.2) is 40.5 Å². The maximum atomic E-state index is 5.87. The van der Waals surface area contributed by atoms with E-state index in [1.165, 1.54) is 34.0 Å². The minimum Gasteiger partial charge on any atom is -0.497 e. The van der Waals surface area contributed by atoms with Crippen LogP contribution in [0, 0.1) is 6.92 Å². The van der Waals surface area contributed by atoms with Crippen molar-refractivity contribution in [2.24, 2.45) is 0 Å². The zero-order valence-corrected chi connectivity index (χ0v) is 17.1. The minimum absolute atomic E-state index is 0.619. The normalized spacial score (nSPS) is 16.5. The molecule has 126 valence electrons. The van der Waals surface area contributed by atoms with Crippen molar-refractivity contribution in [3.8, 4) is 5.75 Å². The Morgan fingerprint density at radius 2 is 1.43 bits per heavy atom. The molecule has 23 heavy (non-hydrogen) atoms. The maximum absolute atomic E-state index is 5.87. The van der Waals surface area contributed by atoms with Crippen LogP contribution in [0.1, 0.15) is 47.1 Å². The maximum Gasteiger partial charge on any atom is 0.121 e. The van der Waals surface area contributed by atoms with Crippen molar-refractivity contribution >= 4 is 13.3 Å². The van der Waals surface area contributed by atoms with E-state index in [0.717, 1.165) is 5.75 Å². The van der Waals surface area contributed by atoms with Crippen molar-refractivity contribution in [2.45, 2.75) is 66.1 Å². The van der Waals surface area contributed by atoms with Crippen LogP contribution in [0.2, 0.25) is 17.6 Å². The van der Waals surface area contributed by atoms with E-state index in [4.69, 9.17) is 4.74 Å². The molecule has 1 aliphatic rings. The van der Waals surface area contributed by atoms with E-state index in [9.17, 15) is 0 Å². The van der Waals surface area contributed by atoms with E-state index in [-0.39, 0.29) is 0 Å². The summed E-state index contributed by atoms with van der Waals surface area (Å²) in [5, 5.41) is 1.51. The van der Waals surface area contributed by atoms with E-state index in [0.29, 0.717) is 5.54 Å². The SMILES string of the molecule is CC[Si](CC)(c1cccc(C)c1OC)C1C(C)=C(C)C(C)=C1C. The lowest BCUT2D eigenvalue weighted by Crippen LogP contribution is -2.51. The summed E-state index contributed by atoms with van der Waals surface area (Å²) < 4.78 is 5.87. The van der Waals surface area contributed by atoms with Gasteiger partial charge in [0, 0.05) is 5.54 Å². The van der Waals surface area contributed by atoms with E-state index in [1.54, 1.807) is 11.1 Å². The molecule has 1 aliphatic carbocycles. The van der Waals surface area contributed by atoms with Crippen molar-refractivity contribution in [3.05, 3.63) is 46.1 Å². The molecule has 0 N–H and O–H groups in total. The molecule has 0 amide bonds. The average Bonchev–Trinajstić information content (AvgIpc) is 2.74. The summed E-state index contributed by atoms with van der Waals surface area (Å²) in [5.74, 6) is 1.13. The second-order valence-electron chi connectivity index (χ2n) is 7.07. The number of rotatable bonds is 5. The first-order valence-corrected chi connectivity index (χ1v) is 11.3. The number of ether oxygens (including phenoxy) is 1. The Morgan fingerprint density at radius 1 is 0.913 bits per heavy atom. The molecule has 0 heterocycles. The average molecular weight is 329 g/mol. The number of hydrogen-bond acceptors (Lipinski definition) is 1. The van der Waals surface area contributed by atoms with Crippen LogP contribution in [-0.2, 0) is 0 Å². The molecule has 0 saturated heterocycles. The standard InChI is InChI=1S/C21H32OSi/c1-9-23(10-2,19-13-11-12-14(3)20(19)22-8)21-17(6)15(4)16(5)18(21)7/h11-13,21H,9-10H2,1-8H3. The molecule has 2 rings (SSSR count). The Kier molecular flexibility index (Phi) is 5.25. The fraction of sp³-hybridized carbons (Fsp3) is 0.524. The Bertz CT molecular complexity index is 638. The number of methoxy groups -OCH3 is 1. The first-order chi connectivity index (χ1) is 10.9. The van der Waals surface area contributed by atoms with Gasteiger partial charge in [-0.25, -0.2) is 0 Å². The fourth-order valence-corrected chi connectivity index (χ4v) is 10.3. The van der Waals surface area contributed by atoms with Crippen LogP contribution in [-0.4, -0.2) is 15.2 Å². The summed E-state index contributed by atoms with van der Waals surface area (Å²) >= 11 is 0. The highest BCUT2D eigenvalue weighted by atomic mass is 28.3. The molecule has 0 fully saturated rings. The Morgan fingerprint density at radius 3 is 1.87 bits per heavy atom. The summed E-state index contributed by atoms with van der Waals surface area (Å²) in [4.78, 5) is 0. The molecule has 1 aromatic carbocycles. The number of benzene rings is 1. The van der Waals surface area contributed by atoms with Crippen molar-refractivity contribution in [2.75, 3.05) is 7.11 Å². The van der Waals surface area contributed by atoms with Crippen molar-refractivity contribution in [1.29, 1.82) is 0 Å². The van der Waals surface area contributed by atoms with Gasteiger partial charge in [0.1, 0.15) is 13.8 Å². The van der Waals surface area contributed by atoms with E-state index in [1.807, 2.05) is 7.11 Å². The van der Waals surface area contributed by atoms with Gasteiger partial charge >= 0.3 is 0 Å². The lowest BCUT2D eigenvalue weighted by molar-refractivity contribution is 0.414. The Hall–Kier alpha value is -1.28. The quantitative estimate of drug-likeness (QED) is 0.625. The van der Waals surface area contributed by atoms with Crippen molar-refractivity contribution < 1.29 is 4.74 Å². The second-order valence-corrected chi connectivity index (χ2v) is 11.9. The predicted octanol–water partition coefficient (Wildman–Crippen LogP) is 5.76. The fourth-order valence-electron chi connectivity index (χ4n) is 4.69. The number of hydrogen-bond donors (Lipinski definition) is 0. The van der Waals surface area contributed by atoms with Gasteiger partial charge in [0.05, 0.1) is 7.11 Å². The summed E-state index contributed by atoms with van der Waals surface area (Å²) in [6, 6.07) is 9.23. The smallest absolute Gasteiger partial charge is 0.121 e. The molecule has 0 bridgehead atoms. The third-order valence-electron chi connectivity index (χ3n) is 6.38. The second kappa shape index (κ2) is 6.68. The number of aryl methyl sites for hydroxylation is 1. The molecule has 0 spiro atoms. The first-order valence-electron chi connectivity index (χ1n) is 8.84. The van der Waals surface area contributed by atoms with Gasteiger partial charge < -0.3 is 4.74 Å².